The Morgan fingerprint density at radius 3 is 2.48 bits per heavy atom. The molecule has 1 fully saturated rings. The predicted octanol–water partition coefficient (Wildman–Crippen LogP) is 7.11. The van der Waals surface area contributed by atoms with Gasteiger partial charge in [-0.15, -0.1) is 6.58 Å². The van der Waals surface area contributed by atoms with Crippen molar-refractivity contribution in [2.45, 2.75) is 44.8 Å². The number of anilines is 3. The van der Waals surface area contributed by atoms with Crippen molar-refractivity contribution in [2.24, 2.45) is 0 Å². The molecule has 1 saturated carbocycles. The summed E-state index contributed by atoms with van der Waals surface area (Å²) in [4.78, 5) is 0. The van der Waals surface area contributed by atoms with Crippen LogP contribution in [0.2, 0.25) is 0 Å². The first-order valence-corrected chi connectivity index (χ1v) is 11.2. The van der Waals surface area contributed by atoms with Gasteiger partial charge in [0.2, 0.25) is 0 Å². The fraction of sp³-hybridized carbons (Fsp3) is 0.304. The highest BCUT2D eigenvalue weighted by atomic mass is 32.2. The minimum atomic E-state index is -1.61. The molecule has 4 rings (SSSR count). The third-order valence-corrected chi connectivity index (χ3v) is 6.84. The van der Waals surface area contributed by atoms with Gasteiger partial charge in [-0.2, -0.15) is 0 Å². The van der Waals surface area contributed by atoms with Crippen molar-refractivity contribution >= 4 is 39.0 Å². The van der Waals surface area contributed by atoms with E-state index in [2.05, 4.69) is 16.6 Å². The van der Waals surface area contributed by atoms with Crippen LogP contribution in [0.3, 0.4) is 0 Å². The smallest absolute Gasteiger partial charge is 0.185 e. The summed E-state index contributed by atoms with van der Waals surface area (Å²) >= 11 is 0. The molecule has 1 unspecified atom stereocenters. The molecule has 1 aliphatic carbocycles. The molecule has 0 amide bonds. The largest absolute Gasteiger partial charge is 0.462 e. The summed E-state index contributed by atoms with van der Waals surface area (Å²) in [6, 6.07) is 5.63. The number of furan rings is 1. The van der Waals surface area contributed by atoms with Gasteiger partial charge < -0.3 is 9.73 Å². The lowest BCUT2D eigenvalue weighted by Crippen LogP contribution is -2.23. The molecule has 1 aliphatic rings. The van der Waals surface area contributed by atoms with Crippen LogP contribution in [0.25, 0.3) is 11.0 Å². The van der Waals surface area contributed by atoms with Crippen LogP contribution in [-0.2, 0) is 11.0 Å². The molecular formula is C23H25F3N2O2S. The van der Waals surface area contributed by atoms with Crippen LogP contribution in [0.5, 0.6) is 0 Å². The lowest BCUT2D eigenvalue weighted by molar-refractivity contribution is 0.518. The van der Waals surface area contributed by atoms with E-state index in [4.69, 9.17) is 4.42 Å². The predicted molar refractivity (Wildman–Crippen MR) is 120 cm³/mol. The van der Waals surface area contributed by atoms with Crippen LogP contribution in [0.15, 0.2) is 47.6 Å². The molecule has 0 radical (unpaired) electrons. The molecule has 2 aromatic carbocycles. The summed E-state index contributed by atoms with van der Waals surface area (Å²) in [5.41, 5.74) is 0.260. The molecule has 0 spiro atoms. The van der Waals surface area contributed by atoms with Crippen molar-refractivity contribution in [1.29, 1.82) is 0 Å². The Kier molecular flexibility index (Phi) is 6.79. The van der Waals surface area contributed by atoms with E-state index >= 15 is 0 Å². The number of benzene rings is 2. The lowest BCUT2D eigenvalue weighted by Gasteiger charge is -2.19. The average Bonchev–Trinajstić information content (AvgIpc) is 3.38. The number of hydrogen-bond donors (Lipinski definition) is 2. The number of nitrogens with one attached hydrogen (secondary N) is 2. The van der Waals surface area contributed by atoms with Gasteiger partial charge in [-0.3, -0.25) is 4.72 Å². The van der Waals surface area contributed by atoms with Gasteiger partial charge in [0.15, 0.2) is 17.2 Å². The monoisotopic (exact) mass is 450 g/mol. The van der Waals surface area contributed by atoms with E-state index in [1.54, 1.807) is 19.1 Å². The van der Waals surface area contributed by atoms with Crippen molar-refractivity contribution < 1.29 is 21.8 Å². The first-order chi connectivity index (χ1) is 14.9. The Morgan fingerprint density at radius 1 is 1.16 bits per heavy atom. The maximum Gasteiger partial charge on any atom is 0.185 e. The molecule has 0 bridgehead atoms. The van der Waals surface area contributed by atoms with Crippen molar-refractivity contribution in [3.05, 3.63) is 66.2 Å². The summed E-state index contributed by atoms with van der Waals surface area (Å²) in [5, 5.41) is 2.51. The van der Waals surface area contributed by atoms with E-state index in [1.165, 1.54) is 24.5 Å². The maximum atomic E-state index is 14.9. The first kappa shape index (κ1) is 22.9. The average molecular weight is 451 g/mol. The quantitative estimate of drug-likeness (QED) is 0.377. The van der Waals surface area contributed by atoms with Crippen molar-refractivity contribution in [3.8, 4) is 0 Å². The van der Waals surface area contributed by atoms with Crippen LogP contribution < -0.4 is 10.0 Å². The number of hydrogen-bond acceptors (Lipinski definition) is 3. The molecule has 2 N–H and O–H groups in total. The zero-order valence-corrected chi connectivity index (χ0v) is 18.5. The molecule has 8 heteroatoms. The number of halogens is 3. The molecule has 31 heavy (non-hydrogen) atoms. The summed E-state index contributed by atoms with van der Waals surface area (Å²) in [6.07, 6.45) is 4.86. The van der Waals surface area contributed by atoms with Crippen molar-refractivity contribution in [1.82, 2.24) is 0 Å². The van der Waals surface area contributed by atoms with E-state index in [0.717, 1.165) is 12.8 Å². The fourth-order valence-corrected chi connectivity index (χ4v) is 4.61. The second kappa shape index (κ2) is 9.18. The highest BCUT2D eigenvalue weighted by Gasteiger charge is 2.48. The summed E-state index contributed by atoms with van der Waals surface area (Å²) < 4.78 is 64.4. The Balaban J connectivity index is 0.00000132. The van der Waals surface area contributed by atoms with Crippen LogP contribution >= 0.6 is 0 Å². The minimum Gasteiger partial charge on any atom is -0.462 e. The highest BCUT2D eigenvalue weighted by molar-refractivity contribution is 7.88. The number of aryl methyl sites for hydroxylation is 1. The zero-order valence-electron chi connectivity index (χ0n) is 17.7. The number of rotatable bonds is 7. The van der Waals surface area contributed by atoms with E-state index < -0.39 is 33.2 Å². The van der Waals surface area contributed by atoms with Gasteiger partial charge in [-0.25, -0.2) is 17.4 Å². The second-order valence-electron chi connectivity index (χ2n) is 7.20. The molecule has 1 aromatic heterocycles. The van der Waals surface area contributed by atoms with E-state index in [9.17, 15) is 17.4 Å². The zero-order chi connectivity index (χ0) is 22.8. The Bertz CT molecular complexity index is 1140. The van der Waals surface area contributed by atoms with E-state index in [0.29, 0.717) is 12.0 Å². The summed E-state index contributed by atoms with van der Waals surface area (Å²) in [7, 11) is -1.61. The van der Waals surface area contributed by atoms with Crippen LogP contribution in [0, 0.1) is 24.4 Å². The van der Waals surface area contributed by atoms with Gasteiger partial charge in [0.1, 0.15) is 28.2 Å². The highest BCUT2D eigenvalue weighted by Crippen LogP contribution is 2.47. The Morgan fingerprint density at radius 2 is 1.87 bits per heavy atom. The normalized spacial score (nSPS) is 15.0. The van der Waals surface area contributed by atoms with Crippen LogP contribution in [0.1, 0.15) is 38.7 Å². The molecule has 166 valence electrons. The third-order valence-electron chi connectivity index (χ3n) is 5.09. The lowest BCUT2D eigenvalue weighted by atomic mass is 10.1. The van der Waals surface area contributed by atoms with Gasteiger partial charge in [-0.1, -0.05) is 26.0 Å². The summed E-state index contributed by atoms with van der Waals surface area (Å²) in [6.45, 7) is 9.40. The molecule has 3 aromatic rings. The van der Waals surface area contributed by atoms with Gasteiger partial charge >= 0.3 is 0 Å². The first-order valence-electron chi connectivity index (χ1n) is 10.1. The molecule has 0 saturated heterocycles. The molecule has 0 aliphatic heterocycles. The van der Waals surface area contributed by atoms with Crippen LogP contribution in [0.4, 0.5) is 30.2 Å². The molecule has 1 atom stereocenters. The minimum absolute atomic E-state index is 0.00155. The van der Waals surface area contributed by atoms with Crippen molar-refractivity contribution in [2.75, 3.05) is 10.0 Å². The van der Waals surface area contributed by atoms with Crippen molar-refractivity contribution in [3.63, 3.8) is 0 Å². The van der Waals surface area contributed by atoms with Gasteiger partial charge in [0.25, 0.3) is 0 Å². The topological polar surface area (TPSA) is 54.3 Å². The third kappa shape index (κ3) is 4.35. The van der Waals surface area contributed by atoms with E-state index in [1.807, 2.05) is 13.8 Å². The molecule has 4 nitrogen and oxygen atoms in total. The molecular weight excluding hydrogens is 425 g/mol. The van der Waals surface area contributed by atoms with Gasteiger partial charge in [0.05, 0.1) is 22.1 Å². The van der Waals surface area contributed by atoms with Gasteiger partial charge in [0, 0.05) is 0 Å². The maximum absolute atomic E-state index is 14.9. The SMILES string of the molecule is C=CCC1(S(=O)Nc2c(Nc3ccc(C)cc3F)c(F)c(F)c3ccoc23)CC1.CC. The summed E-state index contributed by atoms with van der Waals surface area (Å²) in [5.74, 6) is -2.97. The molecule has 1 heterocycles. The second-order valence-corrected chi connectivity index (χ2v) is 8.80. The standard InChI is InChI=1S/C21H19F3N2O2S.C2H6/c1-3-7-21(8-9-21)29(27)26-19-18(25-15-5-4-12(2)11-14(15)22)17(24)16(23)13-6-10-28-20(13)19;1-2/h3-6,10-11,25-26H,1,7-9H2,2H3;1-2H3. The number of fused-ring (bicyclic) bond motifs is 1. The van der Waals surface area contributed by atoms with E-state index in [-0.39, 0.29) is 28.0 Å². The van der Waals surface area contributed by atoms with Gasteiger partial charge in [-0.05, 0) is 49.9 Å². The van der Waals surface area contributed by atoms with Crippen LogP contribution in [-0.4, -0.2) is 8.96 Å². The number of allylic oxidation sites excluding steroid dienone is 1. The Labute approximate surface area is 182 Å². The Hall–Kier alpha value is -2.74. The fourth-order valence-electron chi connectivity index (χ4n) is 3.27.